The molecule has 5 unspecified atom stereocenters. The SMILES string of the molecule is CCOC(=O)CCC(NC(=O)/C(C)=C/C(C(C)C)N(C)C(=O)CN1C(=O)C(N(C)C(=O)OCc2ccc(NC(=O)CNC(=O)C(N)C(C)C)cc2)C1(C)c1ccccc1)C(=O)OCC. The molecular formula is C46H65N7O11. The number of anilines is 1. The molecule has 5 atom stereocenters. The van der Waals surface area contributed by atoms with Crippen molar-refractivity contribution < 1.29 is 52.6 Å². The smallest absolute Gasteiger partial charge is 0.410 e. The fourth-order valence-corrected chi connectivity index (χ4v) is 7.16. The number of nitrogens with two attached hydrogens (primary N) is 1. The highest BCUT2D eigenvalue weighted by molar-refractivity contribution is 5.98. The molecule has 0 aliphatic carbocycles. The van der Waals surface area contributed by atoms with Crippen LogP contribution in [-0.4, -0.2) is 127 Å². The van der Waals surface area contributed by atoms with Gasteiger partial charge in [0.15, 0.2) is 0 Å². The van der Waals surface area contributed by atoms with Gasteiger partial charge in [-0.3, -0.25) is 33.7 Å². The van der Waals surface area contributed by atoms with Crippen LogP contribution in [0.25, 0.3) is 0 Å². The summed E-state index contributed by atoms with van der Waals surface area (Å²) in [5, 5.41) is 7.84. The molecule has 1 heterocycles. The van der Waals surface area contributed by atoms with Crippen molar-refractivity contribution in [3.05, 3.63) is 77.4 Å². The third-order valence-electron chi connectivity index (χ3n) is 11.1. The van der Waals surface area contributed by atoms with E-state index in [0.29, 0.717) is 16.8 Å². The van der Waals surface area contributed by atoms with E-state index in [9.17, 15) is 38.4 Å². The van der Waals surface area contributed by atoms with Crippen molar-refractivity contribution in [2.45, 2.75) is 105 Å². The van der Waals surface area contributed by atoms with Crippen LogP contribution in [0.3, 0.4) is 0 Å². The average molecular weight is 892 g/mol. The van der Waals surface area contributed by atoms with Gasteiger partial charge in [0.25, 0.3) is 0 Å². The number of carbonyl (C=O) groups is 8. The summed E-state index contributed by atoms with van der Waals surface area (Å²) in [6, 6.07) is 12.1. The molecular weight excluding hydrogens is 827 g/mol. The van der Waals surface area contributed by atoms with Crippen LogP contribution < -0.4 is 21.7 Å². The number of ether oxygens (including phenoxy) is 3. The quantitative estimate of drug-likeness (QED) is 0.0578. The van der Waals surface area contributed by atoms with Crippen molar-refractivity contribution in [1.29, 1.82) is 0 Å². The maximum atomic E-state index is 14.1. The number of nitrogens with zero attached hydrogens (tertiary/aromatic N) is 3. The average Bonchev–Trinajstić information content (AvgIpc) is 3.26. The Hall–Kier alpha value is -6.30. The molecule has 2 aromatic rings. The highest BCUT2D eigenvalue weighted by Crippen LogP contribution is 2.44. The Morgan fingerprint density at radius 1 is 0.891 bits per heavy atom. The standard InChI is InChI=1S/C46H65N7O11/c1-11-62-38(56)23-22-34(44(60)63-12-2)50-41(57)30(7)24-35(28(3)4)51(9)37(55)26-53-43(59)40(46(53,8)32-16-14-13-15-17-32)52(10)45(61)64-27-31-18-20-33(21-19-31)49-36(54)25-48-42(58)39(47)29(5)6/h13-21,24,28-29,34-35,39-40H,11-12,22-23,25-27,47H2,1-10H3,(H,48,58)(H,49,54)(H,50,57)/b30-24+. The molecule has 0 bridgehead atoms. The van der Waals surface area contributed by atoms with Gasteiger partial charge in [-0.1, -0.05) is 76.2 Å². The monoisotopic (exact) mass is 891 g/mol. The van der Waals surface area contributed by atoms with Gasteiger partial charge in [0, 0.05) is 31.8 Å². The first kappa shape index (κ1) is 52.0. The van der Waals surface area contributed by atoms with E-state index >= 15 is 0 Å². The second kappa shape index (κ2) is 24.0. The van der Waals surface area contributed by atoms with Gasteiger partial charge in [0.1, 0.15) is 25.2 Å². The fourth-order valence-electron chi connectivity index (χ4n) is 7.16. The number of hydrogen-bond acceptors (Lipinski definition) is 12. The van der Waals surface area contributed by atoms with E-state index in [2.05, 4.69) is 16.0 Å². The van der Waals surface area contributed by atoms with Crippen LogP contribution in [-0.2, 0) is 59.9 Å². The minimum atomic E-state index is -1.15. The number of benzene rings is 2. The summed E-state index contributed by atoms with van der Waals surface area (Å²) < 4.78 is 15.7. The molecule has 18 nitrogen and oxygen atoms in total. The van der Waals surface area contributed by atoms with Crippen LogP contribution in [0.1, 0.15) is 79.4 Å². The number of rotatable bonds is 22. The summed E-state index contributed by atoms with van der Waals surface area (Å²) in [7, 11) is 3.03. The first-order valence-corrected chi connectivity index (χ1v) is 21.4. The lowest BCUT2D eigenvalue weighted by atomic mass is 9.74. The molecule has 6 amide bonds. The lowest BCUT2D eigenvalue weighted by Crippen LogP contribution is -2.76. The van der Waals surface area contributed by atoms with Crippen molar-refractivity contribution in [2.24, 2.45) is 17.6 Å². The van der Waals surface area contributed by atoms with Gasteiger partial charge in [-0.05, 0) is 69.2 Å². The molecule has 1 fully saturated rings. The van der Waals surface area contributed by atoms with E-state index in [4.69, 9.17) is 19.9 Å². The molecule has 1 saturated heterocycles. The van der Waals surface area contributed by atoms with Crippen LogP contribution in [0.15, 0.2) is 66.2 Å². The molecule has 0 spiro atoms. The Balaban J connectivity index is 1.71. The molecule has 18 heteroatoms. The first-order valence-electron chi connectivity index (χ1n) is 21.4. The van der Waals surface area contributed by atoms with Crippen molar-refractivity contribution in [1.82, 2.24) is 25.3 Å². The van der Waals surface area contributed by atoms with Crippen LogP contribution in [0.5, 0.6) is 0 Å². The van der Waals surface area contributed by atoms with Gasteiger partial charge in [0.2, 0.25) is 29.5 Å². The lowest BCUT2D eigenvalue weighted by Gasteiger charge is -2.58. The minimum absolute atomic E-state index is 0.0308. The first-order chi connectivity index (χ1) is 30.2. The largest absolute Gasteiger partial charge is 0.466 e. The van der Waals surface area contributed by atoms with E-state index in [1.165, 1.54) is 21.7 Å². The summed E-state index contributed by atoms with van der Waals surface area (Å²) in [5.41, 5.74) is 6.63. The predicted molar refractivity (Wildman–Crippen MR) is 238 cm³/mol. The second-order valence-electron chi connectivity index (χ2n) is 16.4. The molecule has 350 valence electrons. The Morgan fingerprint density at radius 2 is 1.52 bits per heavy atom. The van der Waals surface area contributed by atoms with Gasteiger partial charge in [-0.15, -0.1) is 0 Å². The molecule has 3 rings (SSSR count). The number of esters is 2. The molecule has 2 aromatic carbocycles. The Morgan fingerprint density at radius 3 is 2.09 bits per heavy atom. The summed E-state index contributed by atoms with van der Waals surface area (Å²) in [6.07, 6.45) is 0.696. The highest BCUT2D eigenvalue weighted by atomic mass is 16.6. The van der Waals surface area contributed by atoms with Crippen LogP contribution in [0.4, 0.5) is 10.5 Å². The van der Waals surface area contributed by atoms with Crippen molar-refractivity contribution >= 4 is 53.3 Å². The zero-order valence-corrected chi connectivity index (χ0v) is 38.6. The van der Waals surface area contributed by atoms with Crippen LogP contribution in [0, 0.1) is 11.8 Å². The van der Waals surface area contributed by atoms with Crippen molar-refractivity contribution in [2.75, 3.05) is 45.7 Å². The summed E-state index contributed by atoms with van der Waals surface area (Å²) in [6.45, 7) is 13.5. The molecule has 1 aliphatic heterocycles. The normalized spacial score (nSPS) is 17.3. The zero-order chi connectivity index (χ0) is 47.9. The Labute approximate surface area is 375 Å². The van der Waals surface area contributed by atoms with Gasteiger partial charge >= 0.3 is 18.0 Å². The number of β-lactam (4-membered cyclic amide) rings is 1. The van der Waals surface area contributed by atoms with E-state index in [1.807, 2.05) is 32.0 Å². The van der Waals surface area contributed by atoms with E-state index in [1.54, 1.807) is 91.1 Å². The summed E-state index contributed by atoms with van der Waals surface area (Å²) >= 11 is 0. The summed E-state index contributed by atoms with van der Waals surface area (Å²) in [5.74, 6) is -3.85. The zero-order valence-electron chi connectivity index (χ0n) is 38.6. The number of likely N-dealkylation sites (tertiary alicyclic amines) is 1. The summed E-state index contributed by atoms with van der Waals surface area (Å²) in [4.78, 5) is 108. The maximum absolute atomic E-state index is 14.1. The van der Waals surface area contributed by atoms with Gasteiger partial charge in [-0.2, -0.15) is 0 Å². The van der Waals surface area contributed by atoms with Crippen LogP contribution in [0.2, 0.25) is 0 Å². The molecule has 0 aromatic heterocycles. The second-order valence-corrected chi connectivity index (χ2v) is 16.4. The molecule has 64 heavy (non-hydrogen) atoms. The number of hydrogen-bond donors (Lipinski definition) is 4. The van der Waals surface area contributed by atoms with E-state index in [0.717, 1.165) is 0 Å². The third-order valence-corrected chi connectivity index (χ3v) is 11.1. The molecule has 0 radical (unpaired) electrons. The topological polar surface area (TPSA) is 236 Å². The molecule has 5 N–H and O–H groups in total. The Bertz CT molecular complexity index is 2010. The molecule has 1 aliphatic rings. The van der Waals surface area contributed by atoms with E-state index < -0.39 is 77.3 Å². The van der Waals surface area contributed by atoms with Gasteiger partial charge in [-0.25, -0.2) is 9.59 Å². The third kappa shape index (κ3) is 13.6. The van der Waals surface area contributed by atoms with Gasteiger partial charge in [0.05, 0.1) is 37.4 Å². The predicted octanol–water partition coefficient (Wildman–Crippen LogP) is 3.24. The molecule has 0 saturated carbocycles. The number of carbonyl (C=O) groups excluding carboxylic acids is 8. The number of amides is 6. The van der Waals surface area contributed by atoms with Crippen molar-refractivity contribution in [3.8, 4) is 0 Å². The number of likely N-dealkylation sites (N-methyl/N-ethyl adjacent to an activating group) is 2. The Kier molecular flexibility index (Phi) is 19.5. The lowest BCUT2D eigenvalue weighted by molar-refractivity contribution is -0.175. The minimum Gasteiger partial charge on any atom is -0.466 e. The van der Waals surface area contributed by atoms with Gasteiger partial charge < -0.3 is 45.7 Å². The highest BCUT2D eigenvalue weighted by Gasteiger charge is 2.61. The van der Waals surface area contributed by atoms with E-state index in [-0.39, 0.29) is 63.2 Å². The fraction of sp³-hybridized carbons (Fsp3) is 0.522. The maximum Gasteiger partial charge on any atom is 0.410 e. The number of nitrogens with one attached hydrogen (secondary N) is 3. The van der Waals surface area contributed by atoms with Crippen LogP contribution >= 0.6 is 0 Å². The van der Waals surface area contributed by atoms with Crippen molar-refractivity contribution in [3.63, 3.8) is 0 Å².